The van der Waals surface area contributed by atoms with Gasteiger partial charge in [-0.25, -0.2) is 10.3 Å². The summed E-state index contributed by atoms with van der Waals surface area (Å²) in [6, 6.07) is 13.1. The number of rotatable bonds is 6. The van der Waals surface area contributed by atoms with E-state index in [1.54, 1.807) is 41.9 Å². The van der Waals surface area contributed by atoms with Gasteiger partial charge in [0, 0.05) is 12.0 Å². The van der Waals surface area contributed by atoms with Gasteiger partial charge in [0.2, 0.25) is 0 Å². The van der Waals surface area contributed by atoms with Crippen molar-refractivity contribution >= 4 is 11.9 Å². The molecule has 0 fully saturated rings. The quantitative estimate of drug-likeness (QED) is 0.447. The van der Waals surface area contributed by atoms with E-state index < -0.39 is 11.9 Å². The van der Waals surface area contributed by atoms with E-state index in [1.807, 2.05) is 0 Å². The van der Waals surface area contributed by atoms with E-state index in [0.29, 0.717) is 24.4 Å². The van der Waals surface area contributed by atoms with Crippen molar-refractivity contribution in [2.75, 3.05) is 0 Å². The maximum atomic E-state index is 11.3. The van der Waals surface area contributed by atoms with Crippen LogP contribution in [0.2, 0.25) is 0 Å². The fraction of sp³-hybridized carbons (Fsp3) is 0.118. The summed E-state index contributed by atoms with van der Waals surface area (Å²) in [5.74, 6) is -1.03. The number of hydrogen-bond donors (Lipinski definition) is 3. The second-order valence-corrected chi connectivity index (χ2v) is 5.55. The van der Waals surface area contributed by atoms with Gasteiger partial charge in [-0.15, -0.1) is 10.2 Å². The average molecular weight is 353 g/mol. The monoisotopic (exact) mass is 353 g/mol. The number of nitrogens with zero attached hydrogens (tertiary/aromatic N) is 4. The Morgan fingerprint density at radius 1 is 0.962 bits per heavy atom. The summed E-state index contributed by atoms with van der Waals surface area (Å²) in [4.78, 5) is 23.6. The van der Waals surface area contributed by atoms with Crippen LogP contribution in [0.3, 0.4) is 0 Å². The number of amides is 1. The van der Waals surface area contributed by atoms with Gasteiger partial charge in [0.1, 0.15) is 0 Å². The lowest BCUT2D eigenvalue weighted by molar-refractivity contribution is 0.0693. The number of benzene rings is 2. The molecule has 0 aliphatic rings. The van der Waals surface area contributed by atoms with Crippen LogP contribution in [0.25, 0.3) is 0 Å². The number of carboxylic acids is 1. The molecule has 9 heteroatoms. The molecule has 3 N–H and O–H groups in total. The van der Waals surface area contributed by atoms with Gasteiger partial charge in [0.05, 0.1) is 12.1 Å². The van der Waals surface area contributed by atoms with Gasteiger partial charge in [-0.3, -0.25) is 10.0 Å². The highest BCUT2D eigenvalue weighted by Crippen LogP contribution is 2.09. The minimum atomic E-state index is -0.969. The Hall–Kier alpha value is -3.59. The molecule has 9 nitrogen and oxygen atoms in total. The summed E-state index contributed by atoms with van der Waals surface area (Å²) in [6.45, 7) is 0.381. The first-order valence-corrected chi connectivity index (χ1v) is 7.67. The molecular formula is C17H15N5O4. The Bertz CT molecular complexity index is 919. The molecule has 3 rings (SSSR count). The van der Waals surface area contributed by atoms with Crippen LogP contribution in [-0.2, 0) is 13.0 Å². The van der Waals surface area contributed by atoms with Gasteiger partial charge >= 0.3 is 5.97 Å². The third-order valence-corrected chi connectivity index (χ3v) is 3.70. The van der Waals surface area contributed by atoms with Crippen molar-refractivity contribution in [1.29, 1.82) is 0 Å². The van der Waals surface area contributed by atoms with Crippen molar-refractivity contribution in [3.8, 4) is 0 Å². The number of aromatic carboxylic acids is 1. The molecule has 1 aromatic heterocycles. The summed E-state index contributed by atoms with van der Waals surface area (Å²) >= 11 is 0. The number of hydrogen-bond acceptors (Lipinski definition) is 6. The molecule has 26 heavy (non-hydrogen) atoms. The zero-order valence-corrected chi connectivity index (χ0v) is 13.5. The topological polar surface area (TPSA) is 130 Å². The summed E-state index contributed by atoms with van der Waals surface area (Å²) in [7, 11) is 0. The molecule has 1 amide bonds. The van der Waals surface area contributed by atoms with Crippen molar-refractivity contribution in [3.05, 3.63) is 76.6 Å². The van der Waals surface area contributed by atoms with Gasteiger partial charge in [-0.1, -0.05) is 24.3 Å². The van der Waals surface area contributed by atoms with Crippen LogP contribution in [0.1, 0.15) is 37.7 Å². The van der Waals surface area contributed by atoms with Crippen molar-refractivity contribution in [2.45, 2.75) is 13.0 Å². The predicted molar refractivity (Wildman–Crippen MR) is 88.8 cm³/mol. The van der Waals surface area contributed by atoms with E-state index in [4.69, 9.17) is 10.3 Å². The first-order valence-electron chi connectivity index (χ1n) is 7.67. The molecule has 0 radical (unpaired) electrons. The summed E-state index contributed by atoms with van der Waals surface area (Å²) in [6.07, 6.45) is 0.440. The minimum Gasteiger partial charge on any atom is -0.478 e. The van der Waals surface area contributed by atoms with Gasteiger partial charge in [0.15, 0.2) is 5.82 Å². The van der Waals surface area contributed by atoms with Crippen LogP contribution < -0.4 is 5.48 Å². The number of hydroxylamine groups is 1. The van der Waals surface area contributed by atoms with E-state index >= 15 is 0 Å². The minimum absolute atomic E-state index is 0.226. The first kappa shape index (κ1) is 17.2. The van der Waals surface area contributed by atoms with Crippen LogP contribution >= 0.6 is 0 Å². The zero-order chi connectivity index (χ0) is 18.5. The zero-order valence-electron chi connectivity index (χ0n) is 13.5. The highest BCUT2D eigenvalue weighted by molar-refractivity contribution is 5.93. The molecule has 0 atom stereocenters. The normalized spacial score (nSPS) is 10.5. The third-order valence-electron chi connectivity index (χ3n) is 3.70. The number of carbonyl (C=O) groups is 2. The molecule has 0 aliphatic heterocycles. The second kappa shape index (κ2) is 7.53. The smallest absolute Gasteiger partial charge is 0.335 e. The van der Waals surface area contributed by atoms with E-state index in [9.17, 15) is 9.59 Å². The number of carbonyl (C=O) groups excluding carboxylic acids is 1. The average Bonchev–Trinajstić information content (AvgIpc) is 3.09. The Morgan fingerprint density at radius 2 is 1.58 bits per heavy atom. The fourth-order valence-corrected chi connectivity index (χ4v) is 2.35. The second-order valence-electron chi connectivity index (χ2n) is 5.55. The number of tetrazole rings is 1. The molecule has 2 aromatic carbocycles. The van der Waals surface area contributed by atoms with Gasteiger partial charge in [-0.05, 0) is 40.6 Å². The van der Waals surface area contributed by atoms with Crippen molar-refractivity contribution in [3.63, 3.8) is 0 Å². The molecule has 0 spiro atoms. The molecule has 0 aliphatic carbocycles. The highest BCUT2D eigenvalue weighted by Gasteiger charge is 2.08. The summed E-state index contributed by atoms with van der Waals surface area (Å²) in [5, 5.41) is 29.8. The molecule has 0 saturated carbocycles. The van der Waals surface area contributed by atoms with Gasteiger partial charge in [-0.2, -0.15) is 4.80 Å². The SMILES string of the molecule is O=C(O)c1ccc(Cc2nnn(Cc3ccc(C(=O)NO)cc3)n2)cc1. The van der Waals surface area contributed by atoms with E-state index in [2.05, 4.69) is 15.4 Å². The Balaban J connectivity index is 1.64. The predicted octanol–water partition coefficient (Wildman–Crippen LogP) is 1.13. The number of carboxylic acid groups (broad SMARTS) is 1. The lowest BCUT2D eigenvalue weighted by Crippen LogP contribution is -2.18. The Morgan fingerprint density at radius 3 is 2.19 bits per heavy atom. The molecule has 132 valence electrons. The van der Waals surface area contributed by atoms with Crippen LogP contribution in [-0.4, -0.2) is 42.4 Å². The molecule has 1 heterocycles. The molecule has 0 unspecified atom stereocenters. The molecule has 3 aromatic rings. The van der Waals surface area contributed by atoms with Crippen molar-refractivity contribution in [2.24, 2.45) is 0 Å². The number of nitrogens with one attached hydrogen (secondary N) is 1. The largest absolute Gasteiger partial charge is 0.478 e. The summed E-state index contributed by atoms with van der Waals surface area (Å²) in [5.41, 5.74) is 3.89. The van der Waals surface area contributed by atoms with Crippen LogP contribution in [0, 0.1) is 0 Å². The molecule has 0 bridgehead atoms. The fourth-order valence-electron chi connectivity index (χ4n) is 2.35. The maximum absolute atomic E-state index is 11.3. The van der Waals surface area contributed by atoms with Crippen LogP contribution in [0.15, 0.2) is 48.5 Å². The van der Waals surface area contributed by atoms with Gasteiger partial charge in [0.25, 0.3) is 5.91 Å². The van der Waals surface area contributed by atoms with Crippen LogP contribution in [0.5, 0.6) is 0 Å². The van der Waals surface area contributed by atoms with E-state index in [0.717, 1.165) is 11.1 Å². The molecule has 0 saturated heterocycles. The summed E-state index contributed by atoms with van der Waals surface area (Å²) < 4.78 is 0. The first-order chi connectivity index (χ1) is 12.5. The number of aromatic nitrogens is 4. The van der Waals surface area contributed by atoms with E-state index in [-0.39, 0.29) is 5.56 Å². The Kier molecular flexibility index (Phi) is 4.99. The van der Waals surface area contributed by atoms with Gasteiger partial charge < -0.3 is 5.11 Å². The lowest BCUT2D eigenvalue weighted by atomic mass is 10.1. The van der Waals surface area contributed by atoms with Crippen molar-refractivity contribution < 1.29 is 19.9 Å². The van der Waals surface area contributed by atoms with Crippen molar-refractivity contribution in [1.82, 2.24) is 25.7 Å². The lowest BCUT2D eigenvalue weighted by Gasteiger charge is -2.02. The third kappa shape index (κ3) is 4.08. The highest BCUT2D eigenvalue weighted by atomic mass is 16.5. The van der Waals surface area contributed by atoms with E-state index in [1.165, 1.54) is 16.9 Å². The standard InChI is InChI=1S/C17H15N5O4/c23-16(20-26)13-5-3-12(4-6-13)10-22-19-15(18-21-22)9-11-1-7-14(8-2-11)17(24)25/h1-8,26H,9-10H2,(H,20,23)(H,24,25). The van der Waals surface area contributed by atoms with Crippen LogP contribution in [0.4, 0.5) is 0 Å². The molecular weight excluding hydrogens is 338 g/mol. The Labute approximate surface area is 147 Å². The maximum Gasteiger partial charge on any atom is 0.335 e.